The lowest BCUT2D eigenvalue weighted by molar-refractivity contribution is -0.0366. The molecule has 0 radical (unpaired) electrons. The molecule has 0 amide bonds. The van der Waals surface area contributed by atoms with E-state index < -0.39 is 0 Å². The Morgan fingerprint density at radius 3 is 2.13 bits per heavy atom. The Kier molecular flexibility index (Phi) is 6.75. The molecule has 170 valence electrons. The first-order valence-electron chi connectivity index (χ1n) is 11.4. The van der Waals surface area contributed by atoms with Crippen LogP contribution in [0.15, 0.2) is 18.3 Å². The molecule has 0 aliphatic carbocycles. The van der Waals surface area contributed by atoms with Crippen molar-refractivity contribution in [2.45, 2.75) is 71.3 Å². The van der Waals surface area contributed by atoms with Gasteiger partial charge < -0.3 is 23.5 Å². The van der Waals surface area contributed by atoms with E-state index in [2.05, 4.69) is 51.9 Å². The average molecular weight is 430 g/mol. The van der Waals surface area contributed by atoms with E-state index >= 15 is 0 Å². The zero-order valence-corrected chi connectivity index (χ0v) is 19.5. The molecule has 3 saturated heterocycles. The molecule has 0 bridgehead atoms. The standard InChI is InChI=1S/C19H27BN2O3.C4H8O2/c1-13-10-15(20-24-18(2,3)19(4,5)25-20)14-12-21-22(16(14)11-13)17-8-6-7-9-23-17;1-2-6-4-3-5-1/h10-12,17H,6-9H2,1-5H3;1-4H2. The Labute approximate surface area is 185 Å². The van der Waals surface area contributed by atoms with Crippen LogP contribution in [0.1, 0.15) is 58.7 Å². The summed E-state index contributed by atoms with van der Waals surface area (Å²) in [6.07, 6.45) is 5.28. The van der Waals surface area contributed by atoms with Gasteiger partial charge in [0.1, 0.15) is 0 Å². The van der Waals surface area contributed by atoms with Crippen LogP contribution in [0.25, 0.3) is 10.9 Å². The molecule has 7 nitrogen and oxygen atoms in total. The number of benzene rings is 1. The van der Waals surface area contributed by atoms with E-state index in [0.717, 1.165) is 62.2 Å². The van der Waals surface area contributed by atoms with Crippen LogP contribution < -0.4 is 5.46 Å². The summed E-state index contributed by atoms with van der Waals surface area (Å²) in [5.41, 5.74) is 2.62. The van der Waals surface area contributed by atoms with Gasteiger partial charge in [-0.05, 0) is 71.0 Å². The zero-order chi connectivity index (χ0) is 22.1. The molecule has 1 aromatic carbocycles. The van der Waals surface area contributed by atoms with Gasteiger partial charge in [-0.15, -0.1) is 0 Å². The summed E-state index contributed by atoms with van der Waals surface area (Å²) in [7, 11) is -0.377. The monoisotopic (exact) mass is 430 g/mol. The van der Waals surface area contributed by atoms with Crippen molar-refractivity contribution in [3.05, 3.63) is 23.9 Å². The van der Waals surface area contributed by atoms with Gasteiger partial charge in [-0.25, -0.2) is 4.68 Å². The van der Waals surface area contributed by atoms with E-state index in [1.807, 2.05) is 10.9 Å². The molecular formula is C23H35BN2O5. The van der Waals surface area contributed by atoms with E-state index in [1.165, 1.54) is 12.0 Å². The Bertz CT molecular complexity index is 860. The molecular weight excluding hydrogens is 395 g/mol. The van der Waals surface area contributed by atoms with E-state index in [1.54, 1.807) is 0 Å². The van der Waals surface area contributed by atoms with Crippen molar-refractivity contribution in [2.24, 2.45) is 0 Å². The molecule has 8 heteroatoms. The van der Waals surface area contributed by atoms with Gasteiger partial charge >= 0.3 is 7.12 Å². The van der Waals surface area contributed by atoms with Crippen LogP contribution in [0.4, 0.5) is 0 Å². The smallest absolute Gasteiger partial charge is 0.399 e. The maximum Gasteiger partial charge on any atom is 0.495 e. The molecule has 1 unspecified atom stereocenters. The normalized spacial score (nSPS) is 25.3. The molecule has 5 rings (SSSR count). The molecule has 2 aromatic rings. The van der Waals surface area contributed by atoms with Crippen molar-refractivity contribution in [1.82, 2.24) is 9.78 Å². The molecule has 31 heavy (non-hydrogen) atoms. The highest BCUT2D eigenvalue weighted by Crippen LogP contribution is 2.37. The lowest BCUT2D eigenvalue weighted by atomic mass is 9.76. The van der Waals surface area contributed by atoms with Crippen LogP contribution in [0.2, 0.25) is 0 Å². The van der Waals surface area contributed by atoms with Crippen LogP contribution in [0.3, 0.4) is 0 Å². The highest BCUT2D eigenvalue weighted by atomic mass is 16.7. The van der Waals surface area contributed by atoms with Gasteiger partial charge in [0.25, 0.3) is 0 Å². The Morgan fingerprint density at radius 1 is 0.935 bits per heavy atom. The fraction of sp³-hybridized carbons (Fsp3) is 0.696. The number of aromatic nitrogens is 2. The van der Waals surface area contributed by atoms with Crippen LogP contribution in [0, 0.1) is 6.92 Å². The predicted octanol–water partition coefficient (Wildman–Crippen LogP) is 3.38. The lowest BCUT2D eigenvalue weighted by Gasteiger charge is -2.32. The maximum atomic E-state index is 6.28. The molecule has 0 N–H and O–H groups in total. The molecule has 0 saturated carbocycles. The number of hydrogen-bond donors (Lipinski definition) is 0. The summed E-state index contributed by atoms with van der Waals surface area (Å²) in [5.74, 6) is 0. The minimum Gasteiger partial charge on any atom is -0.399 e. The summed E-state index contributed by atoms with van der Waals surface area (Å²) in [6, 6.07) is 4.33. The second-order valence-corrected chi connectivity index (χ2v) is 9.51. The minimum atomic E-state index is -0.377. The van der Waals surface area contributed by atoms with E-state index in [9.17, 15) is 0 Å². The summed E-state index contributed by atoms with van der Waals surface area (Å²) in [5, 5.41) is 5.73. The van der Waals surface area contributed by atoms with Gasteiger partial charge in [-0.2, -0.15) is 5.10 Å². The zero-order valence-electron chi connectivity index (χ0n) is 19.5. The Balaban J connectivity index is 0.000000334. The highest BCUT2D eigenvalue weighted by Gasteiger charge is 2.52. The molecule has 3 fully saturated rings. The molecule has 4 heterocycles. The van der Waals surface area contributed by atoms with E-state index in [0.29, 0.717) is 0 Å². The first-order valence-corrected chi connectivity index (χ1v) is 11.4. The van der Waals surface area contributed by atoms with Crippen LogP contribution >= 0.6 is 0 Å². The third-order valence-corrected chi connectivity index (χ3v) is 6.57. The molecule has 1 atom stereocenters. The van der Waals surface area contributed by atoms with Crippen molar-refractivity contribution in [3.63, 3.8) is 0 Å². The van der Waals surface area contributed by atoms with E-state index in [4.69, 9.17) is 23.5 Å². The number of rotatable bonds is 2. The number of fused-ring (bicyclic) bond motifs is 1. The Hall–Kier alpha value is -1.45. The first kappa shape index (κ1) is 22.7. The van der Waals surface area contributed by atoms with Crippen molar-refractivity contribution in [3.8, 4) is 0 Å². The van der Waals surface area contributed by atoms with Crippen LogP contribution in [-0.2, 0) is 23.5 Å². The molecule has 3 aliphatic rings. The van der Waals surface area contributed by atoms with Gasteiger partial charge in [0.05, 0.1) is 49.3 Å². The maximum absolute atomic E-state index is 6.28. The minimum absolute atomic E-state index is 0.0270. The summed E-state index contributed by atoms with van der Waals surface area (Å²) in [6.45, 7) is 14.4. The summed E-state index contributed by atoms with van der Waals surface area (Å²) < 4.78 is 30.4. The van der Waals surface area contributed by atoms with Crippen molar-refractivity contribution in [2.75, 3.05) is 33.0 Å². The third-order valence-electron chi connectivity index (χ3n) is 6.57. The fourth-order valence-corrected chi connectivity index (χ4v) is 4.07. The number of ether oxygens (including phenoxy) is 3. The number of nitrogens with zero attached hydrogens (tertiary/aromatic N) is 2. The highest BCUT2D eigenvalue weighted by molar-refractivity contribution is 6.65. The van der Waals surface area contributed by atoms with Crippen LogP contribution in [-0.4, -0.2) is 61.1 Å². The van der Waals surface area contributed by atoms with Gasteiger partial charge in [-0.1, -0.05) is 6.07 Å². The van der Waals surface area contributed by atoms with Gasteiger partial charge in [-0.3, -0.25) is 0 Å². The second-order valence-electron chi connectivity index (χ2n) is 9.51. The summed E-state index contributed by atoms with van der Waals surface area (Å²) >= 11 is 0. The van der Waals surface area contributed by atoms with Crippen molar-refractivity contribution < 1.29 is 23.5 Å². The lowest BCUT2D eigenvalue weighted by Crippen LogP contribution is -2.41. The first-order chi connectivity index (χ1) is 14.8. The third kappa shape index (κ3) is 4.83. The predicted molar refractivity (Wildman–Crippen MR) is 121 cm³/mol. The molecule has 1 aromatic heterocycles. The van der Waals surface area contributed by atoms with Crippen molar-refractivity contribution in [1.29, 1.82) is 0 Å². The van der Waals surface area contributed by atoms with Gasteiger partial charge in [0.2, 0.25) is 0 Å². The van der Waals surface area contributed by atoms with Crippen molar-refractivity contribution >= 4 is 23.5 Å². The average Bonchev–Trinajstić information content (AvgIpc) is 3.27. The number of aryl methyl sites for hydroxylation is 1. The van der Waals surface area contributed by atoms with E-state index in [-0.39, 0.29) is 24.5 Å². The van der Waals surface area contributed by atoms with Gasteiger partial charge in [0, 0.05) is 12.0 Å². The summed E-state index contributed by atoms with van der Waals surface area (Å²) in [4.78, 5) is 0. The second kappa shape index (κ2) is 9.20. The SMILES string of the molecule is C1COCCO1.Cc1cc(B2OC(C)(C)C(C)(C)O2)c2cnn(C3CCCCO3)c2c1. The van der Waals surface area contributed by atoms with Crippen LogP contribution in [0.5, 0.6) is 0 Å². The van der Waals surface area contributed by atoms with Gasteiger partial charge in [0.15, 0.2) is 6.23 Å². The topological polar surface area (TPSA) is 64.0 Å². The molecule has 3 aliphatic heterocycles. The fourth-order valence-electron chi connectivity index (χ4n) is 4.07. The largest absolute Gasteiger partial charge is 0.495 e. The number of hydrogen-bond acceptors (Lipinski definition) is 6. The molecule has 0 spiro atoms. The Morgan fingerprint density at radius 2 is 1.58 bits per heavy atom. The quantitative estimate of drug-likeness (QED) is 0.681.